The van der Waals surface area contributed by atoms with Crippen LogP contribution in [0.1, 0.15) is 50.0 Å². The molecular formula is C19H28N2O5. The Hall–Kier alpha value is -2.57. The minimum atomic E-state index is -1.24. The second-order valence-corrected chi connectivity index (χ2v) is 7.03. The maximum Gasteiger partial charge on any atom is 0.408 e. The van der Waals surface area contributed by atoms with E-state index in [1.54, 1.807) is 24.3 Å². The van der Waals surface area contributed by atoms with Gasteiger partial charge in [-0.05, 0) is 50.3 Å². The first-order valence-corrected chi connectivity index (χ1v) is 8.74. The Morgan fingerprint density at radius 2 is 1.62 bits per heavy atom. The quantitative estimate of drug-likeness (QED) is 0.624. The van der Waals surface area contributed by atoms with Crippen LogP contribution in [-0.4, -0.2) is 51.7 Å². The van der Waals surface area contributed by atoms with Gasteiger partial charge in [0.1, 0.15) is 6.04 Å². The Bertz CT molecular complexity index is 625. The number of carboxylic acids is 1. The van der Waals surface area contributed by atoms with Gasteiger partial charge in [0, 0.05) is 18.2 Å². The number of carboxylic acid groups (broad SMARTS) is 2. The van der Waals surface area contributed by atoms with Crippen molar-refractivity contribution in [2.45, 2.75) is 52.6 Å². The van der Waals surface area contributed by atoms with Crippen LogP contribution in [0.25, 0.3) is 0 Å². The van der Waals surface area contributed by atoms with Crippen LogP contribution in [-0.2, 0) is 11.2 Å². The highest BCUT2D eigenvalue weighted by Crippen LogP contribution is 2.14. The maximum atomic E-state index is 11.9. The van der Waals surface area contributed by atoms with Gasteiger partial charge in [0.05, 0.1) is 0 Å². The number of carbonyl (C=O) groups excluding carboxylic acids is 1. The first-order chi connectivity index (χ1) is 12.1. The Kier molecular flexibility index (Phi) is 8.09. The first-order valence-electron chi connectivity index (χ1n) is 8.74. The predicted octanol–water partition coefficient (Wildman–Crippen LogP) is 2.85. The summed E-state index contributed by atoms with van der Waals surface area (Å²) in [7, 11) is 0. The molecule has 0 saturated heterocycles. The summed E-state index contributed by atoms with van der Waals surface area (Å²) in [6, 6.07) is 5.85. The number of hydrogen-bond donors (Lipinski definition) is 3. The third kappa shape index (κ3) is 6.74. The molecule has 1 atom stereocenters. The zero-order chi connectivity index (χ0) is 19.9. The van der Waals surface area contributed by atoms with Gasteiger partial charge in [-0.25, -0.2) is 9.59 Å². The van der Waals surface area contributed by atoms with Gasteiger partial charge in [0.25, 0.3) is 5.91 Å². The number of aliphatic carboxylic acids is 1. The van der Waals surface area contributed by atoms with Crippen LogP contribution in [0, 0.1) is 5.92 Å². The number of benzene rings is 1. The van der Waals surface area contributed by atoms with E-state index in [0.29, 0.717) is 12.0 Å². The van der Waals surface area contributed by atoms with Crippen molar-refractivity contribution in [1.29, 1.82) is 0 Å². The topological polar surface area (TPSA) is 107 Å². The predicted molar refractivity (Wildman–Crippen MR) is 98.4 cm³/mol. The van der Waals surface area contributed by atoms with Crippen molar-refractivity contribution < 1.29 is 24.6 Å². The molecule has 0 aliphatic heterocycles. The molecule has 2 amide bonds. The van der Waals surface area contributed by atoms with E-state index in [2.05, 4.69) is 5.32 Å². The van der Waals surface area contributed by atoms with E-state index >= 15 is 0 Å². The second-order valence-electron chi connectivity index (χ2n) is 7.03. The lowest BCUT2D eigenvalue weighted by Crippen LogP contribution is -2.46. The third-order valence-electron chi connectivity index (χ3n) is 3.88. The summed E-state index contributed by atoms with van der Waals surface area (Å²) in [5.74, 6) is -1.24. The summed E-state index contributed by atoms with van der Waals surface area (Å²) in [4.78, 5) is 35.9. The van der Waals surface area contributed by atoms with Crippen molar-refractivity contribution in [1.82, 2.24) is 10.2 Å². The summed E-state index contributed by atoms with van der Waals surface area (Å²) in [6.45, 7) is 7.55. The van der Waals surface area contributed by atoms with Crippen LogP contribution in [0.5, 0.6) is 0 Å². The van der Waals surface area contributed by atoms with Gasteiger partial charge >= 0.3 is 12.1 Å². The van der Waals surface area contributed by atoms with Crippen LogP contribution in [0.15, 0.2) is 24.3 Å². The first kappa shape index (κ1) is 21.5. The molecule has 0 aromatic heterocycles. The number of hydrogen-bond acceptors (Lipinski definition) is 3. The number of amides is 2. The van der Waals surface area contributed by atoms with Crippen LogP contribution >= 0.6 is 0 Å². The fourth-order valence-electron chi connectivity index (χ4n) is 2.61. The van der Waals surface area contributed by atoms with Crippen LogP contribution in [0.4, 0.5) is 4.79 Å². The summed E-state index contributed by atoms with van der Waals surface area (Å²) in [5, 5.41) is 21.6. The highest BCUT2D eigenvalue weighted by Gasteiger charge is 2.29. The molecule has 0 aliphatic rings. The largest absolute Gasteiger partial charge is 0.480 e. The SMILES string of the molecule is CC(C)CC(C(=O)O)N(CCc1ccc(C(=O)NC(C)C)cc1)C(=O)O. The Labute approximate surface area is 154 Å². The lowest BCUT2D eigenvalue weighted by atomic mass is 10.0. The van der Waals surface area contributed by atoms with E-state index in [-0.39, 0.29) is 30.8 Å². The Morgan fingerprint density at radius 1 is 1.04 bits per heavy atom. The van der Waals surface area contributed by atoms with Crippen molar-refractivity contribution in [3.63, 3.8) is 0 Å². The monoisotopic (exact) mass is 364 g/mol. The second kappa shape index (κ2) is 9.79. The van der Waals surface area contributed by atoms with E-state index in [1.165, 1.54) is 0 Å². The minimum absolute atomic E-state index is 0.0419. The van der Waals surface area contributed by atoms with Gasteiger partial charge in [-0.2, -0.15) is 0 Å². The fourth-order valence-corrected chi connectivity index (χ4v) is 2.61. The average molecular weight is 364 g/mol. The average Bonchev–Trinajstić information content (AvgIpc) is 2.53. The summed E-state index contributed by atoms with van der Waals surface area (Å²) < 4.78 is 0. The van der Waals surface area contributed by atoms with Crippen molar-refractivity contribution in [3.05, 3.63) is 35.4 Å². The van der Waals surface area contributed by atoms with Crippen LogP contribution in [0.3, 0.4) is 0 Å². The van der Waals surface area contributed by atoms with Gasteiger partial charge < -0.3 is 15.5 Å². The van der Waals surface area contributed by atoms with Crippen molar-refractivity contribution >= 4 is 18.0 Å². The molecule has 1 rings (SSSR count). The van der Waals surface area contributed by atoms with E-state index in [0.717, 1.165) is 10.5 Å². The number of nitrogens with zero attached hydrogens (tertiary/aromatic N) is 1. The summed E-state index contributed by atoms with van der Waals surface area (Å²) in [5.41, 5.74) is 1.37. The summed E-state index contributed by atoms with van der Waals surface area (Å²) in [6.07, 6.45) is -0.609. The number of carbonyl (C=O) groups is 3. The molecule has 0 heterocycles. The molecule has 0 radical (unpaired) electrons. The smallest absolute Gasteiger partial charge is 0.408 e. The molecule has 26 heavy (non-hydrogen) atoms. The van der Waals surface area contributed by atoms with Crippen LogP contribution in [0.2, 0.25) is 0 Å². The van der Waals surface area contributed by atoms with Gasteiger partial charge in [-0.1, -0.05) is 26.0 Å². The highest BCUT2D eigenvalue weighted by molar-refractivity contribution is 5.94. The highest BCUT2D eigenvalue weighted by atomic mass is 16.4. The molecule has 7 heteroatoms. The lowest BCUT2D eigenvalue weighted by molar-refractivity contribution is -0.143. The zero-order valence-corrected chi connectivity index (χ0v) is 15.7. The molecule has 7 nitrogen and oxygen atoms in total. The van der Waals surface area contributed by atoms with Gasteiger partial charge in [-0.15, -0.1) is 0 Å². The van der Waals surface area contributed by atoms with E-state index < -0.39 is 18.1 Å². The number of nitrogens with one attached hydrogen (secondary N) is 1. The molecule has 1 unspecified atom stereocenters. The molecule has 0 bridgehead atoms. The van der Waals surface area contributed by atoms with Crippen molar-refractivity contribution in [3.8, 4) is 0 Å². The minimum Gasteiger partial charge on any atom is -0.480 e. The molecular weight excluding hydrogens is 336 g/mol. The van der Waals surface area contributed by atoms with Crippen molar-refractivity contribution in [2.75, 3.05) is 6.54 Å². The Morgan fingerprint density at radius 3 is 2.04 bits per heavy atom. The van der Waals surface area contributed by atoms with Crippen molar-refractivity contribution in [2.24, 2.45) is 5.92 Å². The van der Waals surface area contributed by atoms with Gasteiger partial charge in [-0.3, -0.25) is 9.69 Å². The summed E-state index contributed by atoms with van der Waals surface area (Å²) >= 11 is 0. The fraction of sp³-hybridized carbons (Fsp3) is 0.526. The normalized spacial score (nSPS) is 12.1. The maximum absolute atomic E-state index is 11.9. The molecule has 3 N–H and O–H groups in total. The standard InChI is InChI=1S/C19H28N2O5/c1-12(2)11-16(18(23)24)21(19(25)26)10-9-14-5-7-15(8-6-14)17(22)20-13(3)4/h5-8,12-13,16H,9-11H2,1-4H3,(H,20,22)(H,23,24)(H,25,26). The van der Waals surface area contributed by atoms with Crippen LogP contribution < -0.4 is 5.32 Å². The third-order valence-corrected chi connectivity index (χ3v) is 3.88. The van der Waals surface area contributed by atoms with Gasteiger partial charge in [0.2, 0.25) is 0 Å². The molecule has 0 aliphatic carbocycles. The van der Waals surface area contributed by atoms with E-state index in [1.807, 2.05) is 27.7 Å². The molecule has 144 valence electrons. The molecule has 0 spiro atoms. The van der Waals surface area contributed by atoms with E-state index in [9.17, 15) is 24.6 Å². The molecule has 0 fully saturated rings. The van der Waals surface area contributed by atoms with Gasteiger partial charge in [0.15, 0.2) is 0 Å². The molecule has 1 aromatic rings. The molecule has 1 aromatic carbocycles. The Balaban J connectivity index is 2.78. The lowest BCUT2D eigenvalue weighted by Gasteiger charge is -2.27. The zero-order valence-electron chi connectivity index (χ0n) is 15.7. The van der Waals surface area contributed by atoms with E-state index in [4.69, 9.17) is 0 Å². The molecule has 0 saturated carbocycles. The number of rotatable bonds is 9.